The SMILES string of the molecule is CCC(Cc1ccccc1)N[C@H](C)c1cccnc1. The van der Waals surface area contributed by atoms with Crippen molar-refractivity contribution in [2.75, 3.05) is 0 Å². The van der Waals surface area contributed by atoms with Crippen LogP contribution in [0.2, 0.25) is 0 Å². The predicted molar refractivity (Wildman–Crippen MR) is 80.0 cm³/mol. The molecule has 1 heterocycles. The fourth-order valence-electron chi connectivity index (χ4n) is 2.30. The van der Waals surface area contributed by atoms with Gasteiger partial charge in [0, 0.05) is 24.5 Å². The maximum atomic E-state index is 4.18. The highest BCUT2D eigenvalue weighted by Crippen LogP contribution is 2.14. The topological polar surface area (TPSA) is 24.9 Å². The van der Waals surface area contributed by atoms with Crippen molar-refractivity contribution >= 4 is 0 Å². The highest BCUT2D eigenvalue weighted by atomic mass is 14.9. The van der Waals surface area contributed by atoms with Gasteiger partial charge in [0.25, 0.3) is 0 Å². The number of rotatable bonds is 6. The van der Waals surface area contributed by atoms with Crippen LogP contribution in [0.1, 0.15) is 37.4 Å². The summed E-state index contributed by atoms with van der Waals surface area (Å²) in [4.78, 5) is 4.18. The number of hydrogen-bond acceptors (Lipinski definition) is 2. The highest BCUT2D eigenvalue weighted by molar-refractivity contribution is 5.17. The van der Waals surface area contributed by atoms with Crippen molar-refractivity contribution in [3.8, 4) is 0 Å². The van der Waals surface area contributed by atoms with Crippen molar-refractivity contribution in [1.82, 2.24) is 10.3 Å². The molecule has 1 aromatic carbocycles. The molecule has 0 bridgehead atoms. The van der Waals surface area contributed by atoms with Crippen molar-refractivity contribution in [3.63, 3.8) is 0 Å². The van der Waals surface area contributed by atoms with Crippen molar-refractivity contribution < 1.29 is 0 Å². The van der Waals surface area contributed by atoms with E-state index in [0.29, 0.717) is 12.1 Å². The number of nitrogens with zero attached hydrogens (tertiary/aromatic N) is 1. The van der Waals surface area contributed by atoms with Gasteiger partial charge in [0.2, 0.25) is 0 Å². The Kier molecular flexibility index (Phi) is 5.10. The lowest BCUT2D eigenvalue weighted by Gasteiger charge is -2.22. The minimum Gasteiger partial charge on any atom is -0.307 e. The lowest BCUT2D eigenvalue weighted by Crippen LogP contribution is -2.32. The van der Waals surface area contributed by atoms with E-state index in [0.717, 1.165) is 12.8 Å². The first-order chi connectivity index (χ1) is 9.29. The van der Waals surface area contributed by atoms with Crippen LogP contribution in [-0.2, 0) is 6.42 Å². The van der Waals surface area contributed by atoms with Gasteiger partial charge >= 0.3 is 0 Å². The van der Waals surface area contributed by atoms with Crippen LogP contribution in [0.3, 0.4) is 0 Å². The van der Waals surface area contributed by atoms with Crippen molar-refractivity contribution in [3.05, 3.63) is 66.0 Å². The maximum absolute atomic E-state index is 4.18. The lowest BCUT2D eigenvalue weighted by atomic mass is 10.0. The van der Waals surface area contributed by atoms with Gasteiger partial charge in [-0.25, -0.2) is 0 Å². The standard InChI is InChI=1S/C17H22N2/c1-3-17(12-15-8-5-4-6-9-15)19-14(2)16-10-7-11-18-13-16/h4-11,13-14,17,19H,3,12H2,1-2H3/t14-,17?/m1/s1. The van der Waals surface area contributed by atoms with E-state index in [1.54, 1.807) is 0 Å². The molecule has 2 atom stereocenters. The fraction of sp³-hybridized carbons (Fsp3) is 0.353. The zero-order chi connectivity index (χ0) is 13.5. The van der Waals surface area contributed by atoms with E-state index in [1.165, 1.54) is 11.1 Å². The summed E-state index contributed by atoms with van der Waals surface area (Å²) in [5, 5.41) is 3.69. The zero-order valence-corrected chi connectivity index (χ0v) is 11.7. The first kappa shape index (κ1) is 13.8. The number of hydrogen-bond donors (Lipinski definition) is 1. The third-order valence-electron chi connectivity index (χ3n) is 3.49. The molecule has 0 amide bonds. The van der Waals surface area contributed by atoms with Gasteiger partial charge in [-0.2, -0.15) is 0 Å². The Hall–Kier alpha value is -1.67. The van der Waals surface area contributed by atoms with E-state index < -0.39 is 0 Å². The molecule has 0 aliphatic carbocycles. The van der Waals surface area contributed by atoms with Gasteiger partial charge in [-0.05, 0) is 37.0 Å². The summed E-state index contributed by atoms with van der Waals surface area (Å²) >= 11 is 0. The minimum atomic E-state index is 0.336. The van der Waals surface area contributed by atoms with Crippen LogP contribution in [0.5, 0.6) is 0 Å². The van der Waals surface area contributed by atoms with E-state index >= 15 is 0 Å². The van der Waals surface area contributed by atoms with Gasteiger partial charge in [0.15, 0.2) is 0 Å². The summed E-state index contributed by atoms with van der Waals surface area (Å²) in [5.74, 6) is 0. The Morgan fingerprint density at radius 3 is 2.53 bits per heavy atom. The summed E-state index contributed by atoms with van der Waals surface area (Å²) in [5.41, 5.74) is 2.63. The van der Waals surface area contributed by atoms with Gasteiger partial charge in [-0.15, -0.1) is 0 Å². The summed E-state index contributed by atoms with van der Waals surface area (Å²) in [7, 11) is 0. The first-order valence-electron chi connectivity index (χ1n) is 6.99. The van der Waals surface area contributed by atoms with Crippen LogP contribution in [0, 0.1) is 0 Å². The molecule has 2 heteroatoms. The largest absolute Gasteiger partial charge is 0.307 e. The Morgan fingerprint density at radius 2 is 1.89 bits per heavy atom. The monoisotopic (exact) mass is 254 g/mol. The van der Waals surface area contributed by atoms with Crippen LogP contribution in [0.25, 0.3) is 0 Å². The van der Waals surface area contributed by atoms with Crippen molar-refractivity contribution in [1.29, 1.82) is 0 Å². The molecule has 0 spiro atoms. The van der Waals surface area contributed by atoms with Crippen LogP contribution in [0.4, 0.5) is 0 Å². The smallest absolute Gasteiger partial charge is 0.0315 e. The molecule has 0 radical (unpaired) electrons. The molecule has 0 fully saturated rings. The van der Waals surface area contributed by atoms with Gasteiger partial charge < -0.3 is 5.32 Å². The number of pyridine rings is 1. The molecule has 0 aliphatic rings. The molecule has 100 valence electrons. The van der Waals surface area contributed by atoms with Gasteiger partial charge in [-0.1, -0.05) is 43.3 Å². The zero-order valence-electron chi connectivity index (χ0n) is 11.7. The van der Waals surface area contributed by atoms with E-state index in [2.05, 4.69) is 60.5 Å². The Bertz CT molecular complexity index is 467. The molecule has 19 heavy (non-hydrogen) atoms. The summed E-state index contributed by atoms with van der Waals surface area (Å²) in [6, 6.07) is 15.6. The van der Waals surface area contributed by atoms with Crippen LogP contribution < -0.4 is 5.32 Å². The molecule has 2 aromatic rings. The molecular formula is C17H22N2. The van der Waals surface area contributed by atoms with E-state index in [9.17, 15) is 0 Å². The molecule has 0 saturated carbocycles. The first-order valence-corrected chi connectivity index (χ1v) is 6.99. The Balaban J connectivity index is 1.96. The summed E-state index contributed by atoms with van der Waals surface area (Å²) < 4.78 is 0. The second-order valence-corrected chi connectivity index (χ2v) is 4.97. The van der Waals surface area contributed by atoms with Crippen LogP contribution in [0.15, 0.2) is 54.9 Å². The molecule has 1 unspecified atom stereocenters. The molecular weight excluding hydrogens is 232 g/mol. The van der Waals surface area contributed by atoms with Crippen LogP contribution in [-0.4, -0.2) is 11.0 Å². The quantitative estimate of drug-likeness (QED) is 0.849. The second-order valence-electron chi connectivity index (χ2n) is 4.97. The van der Waals surface area contributed by atoms with Crippen molar-refractivity contribution in [2.24, 2.45) is 0 Å². The molecule has 0 aliphatic heterocycles. The maximum Gasteiger partial charge on any atom is 0.0315 e. The molecule has 1 N–H and O–H groups in total. The molecule has 2 nitrogen and oxygen atoms in total. The Labute approximate surface area is 115 Å². The average molecular weight is 254 g/mol. The lowest BCUT2D eigenvalue weighted by molar-refractivity contribution is 0.439. The highest BCUT2D eigenvalue weighted by Gasteiger charge is 2.12. The normalized spacial score (nSPS) is 14.0. The average Bonchev–Trinajstić information content (AvgIpc) is 2.48. The summed E-state index contributed by atoms with van der Waals surface area (Å²) in [6.07, 6.45) is 5.95. The van der Waals surface area contributed by atoms with Gasteiger partial charge in [0.05, 0.1) is 0 Å². The molecule has 1 aromatic heterocycles. The number of nitrogens with one attached hydrogen (secondary N) is 1. The Morgan fingerprint density at radius 1 is 1.11 bits per heavy atom. The number of aromatic nitrogens is 1. The van der Waals surface area contributed by atoms with E-state index in [-0.39, 0.29) is 0 Å². The van der Waals surface area contributed by atoms with Crippen molar-refractivity contribution in [2.45, 2.75) is 38.8 Å². The number of benzene rings is 1. The minimum absolute atomic E-state index is 0.336. The third kappa shape index (κ3) is 4.18. The van der Waals surface area contributed by atoms with Gasteiger partial charge in [-0.3, -0.25) is 4.98 Å². The van der Waals surface area contributed by atoms with E-state index in [1.807, 2.05) is 18.5 Å². The van der Waals surface area contributed by atoms with Gasteiger partial charge in [0.1, 0.15) is 0 Å². The third-order valence-corrected chi connectivity index (χ3v) is 3.49. The molecule has 0 saturated heterocycles. The predicted octanol–water partition coefficient (Wildman–Crippen LogP) is 3.75. The fourth-order valence-corrected chi connectivity index (χ4v) is 2.30. The molecule has 2 rings (SSSR count). The second kappa shape index (κ2) is 7.05. The van der Waals surface area contributed by atoms with E-state index in [4.69, 9.17) is 0 Å². The summed E-state index contributed by atoms with van der Waals surface area (Å²) in [6.45, 7) is 4.43. The van der Waals surface area contributed by atoms with Crippen LogP contribution >= 0.6 is 0 Å².